The summed E-state index contributed by atoms with van der Waals surface area (Å²) in [6.07, 6.45) is 4.06. The van der Waals surface area contributed by atoms with Gasteiger partial charge in [0.15, 0.2) is 0 Å². The minimum absolute atomic E-state index is 0.133. The van der Waals surface area contributed by atoms with Crippen LogP contribution in [-0.4, -0.2) is 64.7 Å². The molecule has 1 aliphatic heterocycles. The number of morpholine rings is 1. The number of benzene rings is 1. The predicted octanol–water partition coefficient (Wildman–Crippen LogP) is 2.78. The highest BCUT2D eigenvalue weighted by Gasteiger charge is 2.20. The molecular formula is C22H31FN4O2. The zero-order valence-electron chi connectivity index (χ0n) is 17.4. The highest BCUT2D eigenvalue weighted by molar-refractivity contribution is 5.76. The Kier molecular flexibility index (Phi) is 7.77. The molecule has 0 radical (unpaired) electrons. The maximum absolute atomic E-state index is 14.1. The topological polar surface area (TPSA) is 50.6 Å². The average Bonchev–Trinajstić information content (AvgIpc) is 3.14. The Morgan fingerprint density at radius 2 is 2.03 bits per heavy atom. The summed E-state index contributed by atoms with van der Waals surface area (Å²) >= 11 is 0. The Bertz CT molecular complexity index is 787. The molecule has 29 heavy (non-hydrogen) atoms. The van der Waals surface area contributed by atoms with E-state index in [2.05, 4.69) is 23.7 Å². The van der Waals surface area contributed by atoms with Crippen molar-refractivity contribution in [2.24, 2.45) is 5.92 Å². The van der Waals surface area contributed by atoms with Gasteiger partial charge in [-0.15, -0.1) is 0 Å². The number of hydrogen-bond acceptors (Lipinski definition) is 4. The summed E-state index contributed by atoms with van der Waals surface area (Å²) in [7, 11) is 0. The molecule has 1 aromatic carbocycles. The van der Waals surface area contributed by atoms with Crippen LogP contribution in [0.25, 0.3) is 0 Å². The molecule has 158 valence electrons. The van der Waals surface area contributed by atoms with Crippen molar-refractivity contribution < 1.29 is 13.9 Å². The summed E-state index contributed by atoms with van der Waals surface area (Å²) in [5, 5.41) is 0. The van der Waals surface area contributed by atoms with Gasteiger partial charge in [0.25, 0.3) is 0 Å². The van der Waals surface area contributed by atoms with E-state index in [0.29, 0.717) is 37.5 Å². The number of aromatic nitrogens is 2. The normalized spacial score (nSPS) is 15.0. The molecule has 1 aliphatic rings. The SMILES string of the molecule is CC(C)CC(=O)N(CCN1CCOCC1)Cc1nccn1Cc1ccccc1F. The predicted molar refractivity (Wildman–Crippen MR) is 110 cm³/mol. The van der Waals surface area contributed by atoms with Gasteiger partial charge < -0.3 is 14.2 Å². The van der Waals surface area contributed by atoms with E-state index in [0.717, 1.165) is 38.7 Å². The molecule has 0 N–H and O–H groups in total. The Balaban J connectivity index is 1.69. The van der Waals surface area contributed by atoms with Gasteiger partial charge >= 0.3 is 0 Å². The summed E-state index contributed by atoms with van der Waals surface area (Å²) in [5.74, 6) is 0.972. The van der Waals surface area contributed by atoms with E-state index in [1.54, 1.807) is 18.3 Å². The highest BCUT2D eigenvalue weighted by atomic mass is 19.1. The van der Waals surface area contributed by atoms with Gasteiger partial charge in [-0.25, -0.2) is 9.37 Å². The second kappa shape index (κ2) is 10.5. The smallest absolute Gasteiger partial charge is 0.223 e. The standard InChI is InChI=1S/C22H31FN4O2/c1-18(2)15-22(28)27(10-9-25-11-13-29-14-12-25)17-21-24-7-8-26(21)16-19-5-3-4-6-20(19)23/h3-8,18H,9-17H2,1-2H3. The van der Waals surface area contributed by atoms with Crippen molar-refractivity contribution in [2.75, 3.05) is 39.4 Å². The minimum atomic E-state index is -0.229. The van der Waals surface area contributed by atoms with Crippen molar-refractivity contribution in [3.8, 4) is 0 Å². The molecule has 1 amide bonds. The van der Waals surface area contributed by atoms with Gasteiger partial charge in [-0.1, -0.05) is 32.0 Å². The van der Waals surface area contributed by atoms with Gasteiger partial charge in [0, 0.05) is 50.6 Å². The van der Waals surface area contributed by atoms with Crippen molar-refractivity contribution in [3.05, 3.63) is 53.9 Å². The van der Waals surface area contributed by atoms with E-state index >= 15 is 0 Å². The monoisotopic (exact) mass is 402 g/mol. The lowest BCUT2D eigenvalue weighted by Crippen LogP contribution is -2.43. The number of carbonyl (C=O) groups excluding carboxylic acids is 1. The van der Waals surface area contributed by atoms with E-state index < -0.39 is 0 Å². The molecule has 1 aromatic heterocycles. The number of nitrogens with zero attached hydrogens (tertiary/aromatic N) is 4. The van der Waals surface area contributed by atoms with Crippen LogP contribution in [0.3, 0.4) is 0 Å². The van der Waals surface area contributed by atoms with E-state index in [1.165, 1.54) is 6.07 Å². The van der Waals surface area contributed by atoms with Gasteiger partial charge in [0.1, 0.15) is 11.6 Å². The van der Waals surface area contributed by atoms with Crippen LogP contribution < -0.4 is 0 Å². The fourth-order valence-electron chi connectivity index (χ4n) is 3.47. The fraction of sp³-hybridized carbons (Fsp3) is 0.545. The molecule has 0 unspecified atom stereocenters. The molecular weight excluding hydrogens is 371 g/mol. The molecule has 1 fully saturated rings. The van der Waals surface area contributed by atoms with Crippen molar-refractivity contribution >= 4 is 5.91 Å². The highest BCUT2D eigenvalue weighted by Crippen LogP contribution is 2.13. The second-order valence-corrected chi connectivity index (χ2v) is 7.93. The number of imidazole rings is 1. The molecule has 0 atom stereocenters. The van der Waals surface area contributed by atoms with Crippen molar-refractivity contribution in [1.29, 1.82) is 0 Å². The van der Waals surface area contributed by atoms with Crippen molar-refractivity contribution in [3.63, 3.8) is 0 Å². The summed E-state index contributed by atoms with van der Waals surface area (Å²) in [4.78, 5) is 21.5. The van der Waals surface area contributed by atoms with E-state index in [-0.39, 0.29) is 11.7 Å². The molecule has 0 bridgehead atoms. The third-order valence-corrected chi connectivity index (χ3v) is 5.16. The van der Waals surface area contributed by atoms with E-state index in [4.69, 9.17) is 4.74 Å². The summed E-state index contributed by atoms with van der Waals surface area (Å²) in [6, 6.07) is 6.76. The lowest BCUT2D eigenvalue weighted by molar-refractivity contribution is -0.133. The van der Waals surface area contributed by atoms with E-state index in [1.807, 2.05) is 21.7 Å². The van der Waals surface area contributed by atoms with E-state index in [9.17, 15) is 9.18 Å². The number of amides is 1. The van der Waals surface area contributed by atoms with Crippen LogP contribution in [0.1, 0.15) is 31.7 Å². The third-order valence-electron chi connectivity index (χ3n) is 5.16. The van der Waals surface area contributed by atoms with Crippen molar-refractivity contribution in [1.82, 2.24) is 19.4 Å². The van der Waals surface area contributed by atoms with Crippen LogP contribution in [0.5, 0.6) is 0 Å². The molecule has 0 spiro atoms. The molecule has 1 saturated heterocycles. The first-order valence-corrected chi connectivity index (χ1v) is 10.3. The largest absolute Gasteiger partial charge is 0.379 e. The molecule has 2 aromatic rings. The first-order chi connectivity index (χ1) is 14.0. The number of rotatable bonds is 9. The summed E-state index contributed by atoms with van der Waals surface area (Å²) in [5.41, 5.74) is 0.611. The molecule has 2 heterocycles. The fourth-order valence-corrected chi connectivity index (χ4v) is 3.47. The Hall–Kier alpha value is -2.25. The lowest BCUT2D eigenvalue weighted by Gasteiger charge is -2.30. The van der Waals surface area contributed by atoms with Gasteiger partial charge in [0.05, 0.1) is 26.3 Å². The zero-order valence-corrected chi connectivity index (χ0v) is 17.4. The molecule has 3 rings (SSSR count). The molecule has 6 nitrogen and oxygen atoms in total. The number of ether oxygens (including phenoxy) is 1. The van der Waals surface area contributed by atoms with Gasteiger partial charge in [0.2, 0.25) is 5.91 Å². The summed E-state index contributed by atoms with van der Waals surface area (Å²) < 4.78 is 21.4. The van der Waals surface area contributed by atoms with Gasteiger partial charge in [-0.2, -0.15) is 0 Å². The van der Waals surface area contributed by atoms with Crippen LogP contribution in [0.15, 0.2) is 36.7 Å². The number of hydrogen-bond donors (Lipinski definition) is 0. The minimum Gasteiger partial charge on any atom is -0.379 e. The van der Waals surface area contributed by atoms with Crippen LogP contribution in [0.4, 0.5) is 4.39 Å². The maximum atomic E-state index is 14.1. The zero-order chi connectivity index (χ0) is 20.6. The number of carbonyl (C=O) groups is 1. The van der Waals surface area contributed by atoms with Gasteiger partial charge in [-0.3, -0.25) is 9.69 Å². The lowest BCUT2D eigenvalue weighted by atomic mass is 10.1. The van der Waals surface area contributed by atoms with Crippen LogP contribution in [0.2, 0.25) is 0 Å². The van der Waals surface area contributed by atoms with Crippen LogP contribution >= 0.6 is 0 Å². The Morgan fingerprint density at radius 3 is 2.76 bits per heavy atom. The van der Waals surface area contributed by atoms with Crippen LogP contribution in [0, 0.1) is 11.7 Å². The third kappa shape index (κ3) is 6.37. The molecule has 0 aliphatic carbocycles. The Morgan fingerprint density at radius 1 is 1.28 bits per heavy atom. The first-order valence-electron chi connectivity index (χ1n) is 10.3. The molecule has 0 saturated carbocycles. The van der Waals surface area contributed by atoms with Gasteiger partial charge in [-0.05, 0) is 12.0 Å². The maximum Gasteiger partial charge on any atom is 0.223 e. The van der Waals surface area contributed by atoms with Crippen molar-refractivity contribution in [2.45, 2.75) is 33.4 Å². The average molecular weight is 403 g/mol. The molecule has 7 heteroatoms. The second-order valence-electron chi connectivity index (χ2n) is 7.93. The first kappa shape index (κ1) is 21.5. The van der Waals surface area contributed by atoms with Crippen LogP contribution in [-0.2, 0) is 22.6 Å². The number of halogens is 1. The Labute approximate surface area is 172 Å². The quantitative estimate of drug-likeness (QED) is 0.647. The summed E-state index contributed by atoms with van der Waals surface area (Å²) in [6.45, 7) is 9.69.